The lowest BCUT2D eigenvalue weighted by molar-refractivity contribution is 0.0999. The Morgan fingerprint density at radius 1 is 1.45 bits per heavy atom. The van der Waals surface area contributed by atoms with Gasteiger partial charge < -0.3 is 5.73 Å². The molecule has 2 rings (SSSR count). The van der Waals surface area contributed by atoms with Gasteiger partial charge in [-0.05, 0) is 48.9 Å². The molecule has 0 radical (unpaired) electrons. The Hall–Kier alpha value is -1.35. The van der Waals surface area contributed by atoms with E-state index in [4.69, 9.17) is 5.73 Å². The highest BCUT2D eigenvalue weighted by atomic mass is 16.1. The van der Waals surface area contributed by atoms with E-state index >= 15 is 0 Å². The first kappa shape index (κ1) is 15.0. The van der Waals surface area contributed by atoms with E-state index in [-0.39, 0.29) is 5.91 Å². The van der Waals surface area contributed by atoms with Crippen molar-refractivity contribution >= 4 is 5.91 Å². The third-order valence-corrected chi connectivity index (χ3v) is 4.77. The molecule has 0 aromatic heterocycles. The Bertz CT molecular complexity index is 482. The summed E-state index contributed by atoms with van der Waals surface area (Å²) in [4.78, 5) is 13.8. The normalized spacial score (nSPS) is 20.2. The molecule has 0 bridgehead atoms. The van der Waals surface area contributed by atoms with Crippen molar-refractivity contribution in [3.05, 3.63) is 35.4 Å². The summed E-state index contributed by atoms with van der Waals surface area (Å²) >= 11 is 0. The number of hydrogen-bond acceptors (Lipinski definition) is 2. The molecule has 1 aromatic carbocycles. The van der Waals surface area contributed by atoms with Crippen molar-refractivity contribution in [3.8, 4) is 0 Å². The molecule has 0 unspecified atom stereocenters. The highest BCUT2D eigenvalue weighted by Gasteiger charge is 2.35. The quantitative estimate of drug-likeness (QED) is 0.896. The van der Waals surface area contributed by atoms with Crippen LogP contribution in [0.3, 0.4) is 0 Å². The number of nitrogens with two attached hydrogens (primary N) is 1. The third-order valence-electron chi connectivity index (χ3n) is 4.77. The van der Waals surface area contributed by atoms with E-state index in [2.05, 4.69) is 31.7 Å². The molecule has 1 amide bonds. The zero-order valence-electron chi connectivity index (χ0n) is 12.9. The van der Waals surface area contributed by atoms with E-state index in [1.54, 1.807) is 6.07 Å². The van der Waals surface area contributed by atoms with E-state index in [0.717, 1.165) is 13.1 Å². The Balaban J connectivity index is 2.13. The third kappa shape index (κ3) is 3.21. The molecule has 110 valence electrons. The summed E-state index contributed by atoms with van der Waals surface area (Å²) < 4.78 is 0. The summed E-state index contributed by atoms with van der Waals surface area (Å²) in [5.74, 6) is -0.348. The number of nitrogens with zero attached hydrogens (tertiary/aromatic N) is 1. The minimum Gasteiger partial charge on any atom is -0.366 e. The summed E-state index contributed by atoms with van der Waals surface area (Å²) in [6, 6.07) is 8.34. The van der Waals surface area contributed by atoms with Crippen LogP contribution in [0.1, 0.15) is 56.0 Å². The predicted molar refractivity (Wildman–Crippen MR) is 82.5 cm³/mol. The zero-order chi connectivity index (χ0) is 14.8. The summed E-state index contributed by atoms with van der Waals surface area (Å²) in [5, 5.41) is 0. The fourth-order valence-corrected chi connectivity index (χ4v) is 3.19. The van der Waals surface area contributed by atoms with Gasteiger partial charge in [0.2, 0.25) is 5.91 Å². The number of carbonyl (C=O) groups is 1. The molecule has 3 heteroatoms. The molecule has 1 aromatic rings. The van der Waals surface area contributed by atoms with Gasteiger partial charge in [0.15, 0.2) is 0 Å². The van der Waals surface area contributed by atoms with Crippen LogP contribution in [-0.2, 0) is 6.54 Å². The second-order valence-electron chi connectivity index (χ2n) is 6.54. The first-order chi connectivity index (χ1) is 9.44. The maximum Gasteiger partial charge on any atom is 0.248 e. The lowest BCUT2D eigenvalue weighted by atomic mass is 9.80. The summed E-state index contributed by atoms with van der Waals surface area (Å²) in [6.45, 7) is 9.04. The van der Waals surface area contributed by atoms with Crippen LogP contribution < -0.4 is 5.73 Å². The van der Waals surface area contributed by atoms with E-state index < -0.39 is 0 Å². The number of benzene rings is 1. The van der Waals surface area contributed by atoms with Crippen LogP contribution in [0.15, 0.2) is 24.3 Å². The van der Waals surface area contributed by atoms with Crippen molar-refractivity contribution in [2.45, 2.75) is 52.6 Å². The van der Waals surface area contributed by atoms with Crippen LogP contribution >= 0.6 is 0 Å². The molecule has 0 aliphatic carbocycles. The summed E-state index contributed by atoms with van der Waals surface area (Å²) in [7, 11) is 0. The molecule has 20 heavy (non-hydrogen) atoms. The maximum absolute atomic E-state index is 11.3. The van der Waals surface area contributed by atoms with Crippen LogP contribution in [0.25, 0.3) is 0 Å². The number of likely N-dealkylation sites (tertiary alicyclic amines) is 1. The van der Waals surface area contributed by atoms with Crippen molar-refractivity contribution in [2.24, 2.45) is 11.1 Å². The lowest BCUT2D eigenvalue weighted by Gasteiger charge is -2.37. The molecule has 1 atom stereocenters. The van der Waals surface area contributed by atoms with Gasteiger partial charge in [0.1, 0.15) is 0 Å². The molecule has 1 fully saturated rings. The van der Waals surface area contributed by atoms with Gasteiger partial charge >= 0.3 is 0 Å². The molecule has 1 saturated heterocycles. The van der Waals surface area contributed by atoms with Gasteiger partial charge in [-0.15, -0.1) is 0 Å². The Kier molecular flexibility index (Phi) is 4.48. The number of amides is 1. The van der Waals surface area contributed by atoms with Crippen LogP contribution in [0.5, 0.6) is 0 Å². The Labute approximate surface area is 122 Å². The van der Waals surface area contributed by atoms with Crippen molar-refractivity contribution in [3.63, 3.8) is 0 Å². The van der Waals surface area contributed by atoms with Crippen molar-refractivity contribution < 1.29 is 4.79 Å². The second kappa shape index (κ2) is 5.96. The molecular formula is C17H26N2O. The fourth-order valence-electron chi connectivity index (χ4n) is 3.19. The van der Waals surface area contributed by atoms with Crippen LogP contribution in [0, 0.1) is 5.41 Å². The summed E-state index contributed by atoms with van der Waals surface area (Å²) in [5.41, 5.74) is 7.49. The topological polar surface area (TPSA) is 46.3 Å². The smallest absolute Gasteiger partial charge is 0.248 e. The van der Waals surface area contributed by atoms with Gasteiger partial charge in [0.05, 0.1) is 0 Å². The minimum atomic E-state index is -0.348. The van der Waals surface area contributed by atoms with Crippen molar-refractivity contribution in [1.29, 1.82) is 0 Å². The van der Waals surface area contributed by atoms with E-state index in [0.29, 0.717) is 17.0 Å². The van der Waals surface area contributed by atoms with Gasteiger partial charge in [0, 0.05) is 18.2 Å². The van der Waals surface area contributed by atoms with E-state index in [9.17, 15) is 4.79 Å². The Morgan fingerprint density at radius 3 is 2.85 bits per heavy atom. The Morgan fingerprint density at radius 2 is 2.20 bits per heavy atom. The maximum atomic E-state index is 11.3. The average Bonchev–Trinajstić information content (AvgIpc) is 2.88. The van der Waals surface area contributed by atoms with Crippen molar-refractivity contribution in [2.75, 3.05) is 6.54 Å². The number of hydrogen-bond donors (Lipinski definition) is 1. The largest absolute Gasteiger partial charge is 0.366 e. The first-order valence-corrected chi connectivity index (χ1v) is 7.57. The molecule has 1 aliphatic heterocycles. The second-order valence-corrected chi connectivity index (χ2v) is 6.54. The van der Waals surface area contributed by atoms with Gasteiger partial charge in [-0.1, -0.05) is 32.9 Å². The zero-order valence-corrected chi connectivity index (χ0v) is 12.9. The lowest BCUT2D eigenvalue weighted by Crippen LogP contribution is -2.40. The standard InChI is InChI=1S/C17H26N2O/c1-4-17(2,3)15-9-6-10-19(15)12-13-7-5-8-14(11-13)16(18)20/h5,7-8,11,15H,4,6,9-10,12H2,1-3H3,(H2,18,20)/t15-/m1/s1. The van der Waals surface area contributed by atoms with E-state index in [1.165, 1.54) is 24.8 Å². The van der Waals surface area contributed by atoms with Crippen molar-refractivity contribution in [1.82, 2.24) is 4.90 Å². The van der Waals surface area contributed by atoms with Crippen LogP contribution in [-0.4, -0.2) is 23.4 Å². The molecule has 3 nitrogen and oxygen atoms in total. The summed E-state index contributed by atoms with van der Waals surface area (Å²) in [6.07, 6.45) is 3.73. The molecule has 0 saturated carbocycles. The number of rotatable bonds is 5. The van der Waals surface area contributed by atoms with Gasteiger partial charge in [-0.25, -0.2) is 0 Å². The van der Waals surface area contributed by atoms with Gasteiger partial charge in [0.25, 0.3) is 0 Å². The van der Waals surface area contributed by atoms with Crippen LogP contribution in [0.2, 0.25) is 0 Å². The van der Waals surface area contributed by atoms with Gasteiger partial charge in [-0.2, -0.15) is 0 Å². The molecule has 0 spiro atoms. The molecule has 1 heterocycles. The highest BCUT2D eigenvalue weighted by molar-refractivity contribution is 5.92. The van der Waals surface area contributed by atoms with Gasteiger partial charge in [-0.3, -0.25) is 9.69 Å². The first-order valence-electron chi connectivity index (χ1n) is 7.57. The minimum absolute atomic E-state index is 0.345. The monoisotopic (exact) mass is 274 g/mol. The molecular weight excluding hydrogens is 248 g/mol. The molecule has 2 N–H and O–H groups in total. The molecule has 1 aliphatic rings. The number of primary amides is 1. The number of carbonyl (C=O) groups excluding carboxylic acids is 1. The highest BCUT2D eigenvalue weighted by Crippen LogP contribution is 2.36. The predicted octanol–water partition coefficient (Wildman–Crippen LogP) is 3.19. The fraction of sp³-hybridized carbons (Fsp3) is 0.588. The SMILES string of the molecule is CCC(C)(C)[C@H]1CCCN1Cc1cccc(C(N)=O)c1. The average molecular weight is 274 g/mol. The van der Waals surface area contributed by atoms with Crippen LogP contribution in [0.4, 0.5) is 0 Å². The van der Waals surface area contributed by atoms with E-state index in [1.807, 2.05) is 12.1 Å².